The summed E-state index contributed by atoms with van der Waals surface area (Å²) in [4.78, 5) is 20.9. The molecule has 0 saturated carbocycles. The lowest BCUT2D eigenvalue weighted by atomic mass is 10.2. The Balaban J connectivity index is 1.65. The van der Waals surface area contributed by atoms with Crippen LogP contribution < -0.4 is 10.6 Å². The highest BCUT2D eigenvalue weighted by molar-refractivity contribution is 7.14. The number of rotatable bonds is 2. The second-order valence-corrected chi connectivity index (χ2v) is 6.18. The van der Waals surface area contributed by atoms with E-state index < -0.39 is 0 Å². The Hall–Kier alpha value is -2.25. The number of nitrogens with zero attached hydrogens (tertiary/aromatic N) is 2. The maximum atomic E-state index is 12.1. The molecule has 4 rings (SSSR count). The number of nitrogens with one attached hydrogen (secondary N) is 2. The van der Waals surface area contributed by atoms with Gasteiger partial charge in [0.25, 0.3) is 5.91 Å². The Labute approximate surface area is 128 Å². The molecule has 1 unspecified atom stereocenters. The number of hydrogen-bond donors (Lipinski definition) is 2. The van der Waals surface area contributed by atoms with Crippen molar-refractivity contribution in [1.82, 2.24) is 15.3 Å². The Kier molecular flexibility index (Phi) is 2.94. The van der Waals surface area contributed by atoms with Crippen molar-refractivity contribution in [3.05, 3.63) is 51.8 Å². The maximum absolute atomic E-state index is 12.1. The zero-order valence-corrected chi connectivity index (χ0v) is 12.4. The molecule has 0 bridgehead atoms. The van der Waals surface area contributed by atoms with Crippen LogP contribution in [-0.4, -0.2) is 15.9 Å². The topological polar surface area (TPSA) is 66.9 Å². The molecule has 2 N–H and O–H groups in total. The van der Waals surface area contributed by atoms with Crippen LogP contribution in [0.4, 0.5) is 5.82 Å². The SMILES string of the molecule is O=C1NC(c2csc(-c3ccsc3)n2)Nc2ncccc21. The number of hydrogen-bond acceptors (Lipinski definition) is 6. The largest absolute Gasteiger partial charge is 0.344 e. The molecule has 3 aromatic heterocycles. The summed E-state index contributed by atoms with van der Waals surface area (Å²) >= 11 is 3.21. The van der Waals surface area contributed by atoms with Gasteiger partial charge in [-0.05, 0) is 23.6 Å². The molecule has 5 nitrogen and oxygen atoms in total. The number of thiophene rings is 1. The van der Waals surface area contributed by atoms with E-state index in [1.165, 1.54) is 0 Å². The standard InChI is InChI=1S/C14H10N4OS2/c19-13-9-2-1-4-15-11(9)17-12(18-13)10-7-21-14(16-10)8-3-5-20-6-8/h1-7,12H,(H,15,17)(H,18,19). The predicted octanol–water partition coefficient (Wildman–Crippen LogP) is 3.12. The van der Waals surface area contributed by atoms with Crippen molar-refractivity contribution in [3.8, 4) is 10.6 Å². The number of thiazole rings is 1. The summed E-state index contributed by atoms with van der Waals surface area (Å²) in [7, 11) is 0. The van der Waals surface area contributed by atoms with E-state index in [4.69, 9.17) is 0 Å². The van der Waals surface area contributed by atoms with Crippen LogP contribution in [0.1, 0.15) is 22.2 Å². The van der Waals surface area contributed by atoms with Crippen LogP contribution >= 0.6 is 22.7 Å². The van der Waals surface area contributed by atoms with Gasteiger partial charge in [0, 0.05) is 22.5 Å². The first-order chi connectivity index (χ1) is 10.3. The number of carbonyl (C=O) groups is 1. The number of pyridine rings is 1. The zero-order valence-electron chi connectivity index (χ0n) is 10.7. The lowest BCUT2D eigenvalue weighted by molar-refractivity contribution is 0.0934. The van der Waals surface area contributed by atoms with Crippen molar-refractivity contribution in [1.29, 1.82) is 0 Å². The van der Waals surface area contributed by atoms with Gasteiger partial charge in [0.2, 0.25) is 0 Å². The van der Waals surface area contributed by atoms with E-state index in [2.05, 4.69) is 26.0 Å². The quantitative estimate of drug-likeness (QED) is 0.762. The first-order valence-corrected chi connectivity index (χ1v) is 8.14. The van der Waals surface area contributed by atoms with Crippen molar-refractivity contribution >= 4 is 34.4 Å². The third-order valence-electron chi connectivity index (χ3n) is 3.19. The van der Waals surface area contributed by atoms with Crippen LogP contribution in [0.2, 0.25) is 0 Å². The van der Waals surface area contributed by atoms with Gasteiger partial charge in [-0.25, -0.2) is 9.97 Å². The molecule has 1 amide bonds. The molecular formula is C14H10N4OS2. The van der Waals surface area contributed by atoms with E-state index >= 15 is 0 Å². The van der Waals surface area contributed by atoms with Gasteiger partial charge in [-0.3, -0.25) is 4.79 Å². The fourth-order valence-electron chi connectivity index (χ4n) is 2.17. The van der Waals surface area contributed by atoms with E-state index in [9.17, 15) is 4.79 Å². The van der Waals surface area contributed by atoms with Crippen LogP contribution in [-0.2, 0) is 0 Å². The van der Waals surface area contributed by atoms with E-state index in [0.29, 0.717) is 11.4 Å². The van der Waals surface area contributed by atoms with Crippen LogP contribution in [0.25, 0.3) is 10.6 Å². The highest BCUT2D eigenvalue weighted by Gasteiger charge is 2.26. The summed E-state index contributed by atoms with van der Waals surface area (Å²) < 4.78 is 0. The van der Waals surface area contributed by atoms with E-state index in [1.54, 1.807) is 41.0 Å². The van der Waals surface area contributed by atoms with Gasteiger partial charge in [-0.15, -0.1) is 11.3 Å². The minimum absolute atomic E-state index is 0.132. The second kappa shape index (κ2) is 4.94. The van der Waals surface area contributed by atoms with Gasteiger partial charge >= 0.3 is 0 Å². The molecule has 0 aliphatic carbocycles. The molecule has 21 heavy (non-hydrogen) atoms. The van der Waals surface area contributed by atoms with Crippen molar-refractivity contribution in [2.45, 2.75) is 6.17 Å². The van der Waals surface area contributed by atoms with Crippen LogP contribution in [0.3, 0.4) is 0 Å². The van der Waals surface area contributed by atoms with Gasteiger partial charge in [-0.1, -0.05) is 0 Å². The third kappa shape index (κ3) is 2.20. The molecule has 7 heteroatoms. The maximum Gasteiger partial charge on any atom is 0.256 e. The Morgan fingerprint density at radius 3 is 3.00 bits per heavy atom. The molecule has 1 aliphatic heterocycles. The molecule has 0 aromatic carbocycles. The zero-order chi connectivity index (χ0) is 14.2. The van der Waals surface area contributed by atoms with Crippen molar-refractivity contribution in [3.63, 3.8) is 0 Å². The summed E-state index contributed by atoms with van der Waals surface area (Å²) in [6.07, 6.45) is 1.32. The molecule has 1 atom stereocenters. The molecule has 0 radical (unpaired) electrons. The average molecular weight is 314 g/mol. The summed E-state index contributed by atoms with van der Waals surface area (Å²) in [5.74, 6) is 0.461. The number of amides is 1. The highest BCUT2D eigenvalue weighted by Crippen LogP contribution is 2.30. The van der Waals surface area contributed by atoms with Crippen molar-refractivity contribution in [2.75, 3.05) is 5.32 Å². The third-order valence-corrected chi connectivity index (χ3v) is 4.79. The number of anilines is 1. The summed E-state index contributed by atoms with van der Waals surface area (Å²) in [6, 6.07) is 5.54. The molecule has 4 heterocycles. The molecular weight excluding hydrogens is 304 g/mol. The molecule has 3 aromatic rings. The van der Waals surface area contributed by atoms with Crippen LogP contribution in [0.5, 0.6) is 0 Å². The van der Waals surface area contributed by atoms with Crippen molar-refractivity contribution in [2.24, 2.45) is 0 Å². The van der Waals surface area contributed by atoms with Crippen LogP contribution in [0.15, 0.2) is 40.5 Å². The molecule has 0 saturated heterocycles. The molecule has 1 aliphatic rings. The lowest BCUT2D eigenvalue weighted by Crippen LogP contribution is -2.39. The predicted molar refractivity (Wildman–Crippen MR) is 83.5 cm³/mol. The van der Waals surface area contributed by atoms with Crippen molar-refractivity contribution < 1.29 is 4.79 Å². The van der Waals surface area contributed by atoms with Gasteiger partial charge < -0.3 is 10.6 Å². The van der Waals surface area contributed by atoms with Gasteiger partial charge in [0.05, 0.1) is 11.3 Å². The first-order valence-electron chi connectivity index (χ1n) is 6.32. The van der Waals surface area contributed by atoms with E-state index in [0.717, 1.165) is 16.3 Å². The molecule has 0 fully saturated rings. The van der Waals surface area contributed by atoms with Gasteiger partial charge in [0.1, 0.15) is 17.0 Å². The summed E-state index contributed by atoms with van der Waals surface area (Å²) in [5, 5.41) is 13.1. The average Bonchev–Trinajstić information content (AvgIpc) is 3.18. The fourth-order valence-corrected chi connectivity index (χ4v) is 3.73. The first kappa shape index (κ1) is 12.5. The highest BCUT2D eigenvalue weighted by atomic mass is 32.1. The van der Waals surface area contributed by atoms with E-state index in [-0.39, 0.29) is 12.1 Å². The van der Waals surface area contributed by atoms with Crippen LogP contribution in [0, 0.1) is 0 Å². The smallest absolute Gasteiger partial charge is 0.256 e. The minimum Gasteiger partial charge on any atom is -0.344 e. The summed E-state index contributed by atoms with van der Waals surface area (Å²) in [6.45, 7) is 0. The normalized spacial score (nSPS) is 17.0. The fraction of sp³-hybridized carbons (Fsp3) is 0.0714. The number of carbonyl (C=O) groups excluding carboxylic acids is 1. The number of aromatic nitrogens is 2. The monoisotopic (exact) mass is 314 g/mol. The molecule has 0 spiro atoms. The summed E-state index contributed by atoms with van der Waals surface area (Å²) in [5.41, 5.74) is 2.46. The second-order valence-electron chi connectivity index (χ2n) is 4.54. The number of fused-ring (bicyclic) bond motifs is 1. The lowest BCUT2D eigenvalue weighted by Gasteiger charge is -2.25. The van der Waals surface area contributed by atoms with Gasteiger partial charge in [-0.2, -0.15) is 11.3 Å². The Bertz CT molecular complexity index is 797. The Morgan fingerprint density at radius 1 is 1.19 bits per heavy atom. The Morgan fingerprint density at radius 2 is 2.14 bits per heavy atom. The van der Waals surface area contributed by atoms with E-state index in [1.807, 2.05) is 16.8 Å². The minimum atomic E-state index is -0.344. The van der Waals surface area contributed by atoms with Gasteiger partial charge in [0.15, 0.2) is 0 Å². The molecule has 104 valence electrons.